The van der Waals surface area contributed by atoms with Crippen molar-refractivity contribution in [3.05, 3.63) is 12.7 Å². The van der Waals surface area contributed by atoms with Crippen LogP contribution in [-0.2, 0) is 19.1 Å². The molecular formula is C24H36N2O5S. The predicted octanol–water partition coefficient (Wildman–Crippen LogP) is 2.37. The van der Waals surface area contributed by atoms with Crippen LogP contribution < -0.4 is 0 Å². The molecule has 1 aliphatic carbocycles. The summed E-state index contributed by atoms with van der Waals surface area (Å²) in [5.74, 6) is -1.45. The molecule has 8 heteroatoms. The molecule has 1 saturated carbocycles. The van der Waals surface area contributed by atoms with E-state index in [0.29, 0.717) is 19.5 Å². The molecule has 3 saturated heterocycles. The van der Waals surface area contributed by atoms with Gasteiger partial charge in [-0.1, -0.05) is 25.3 Å². The first-order chi connectivity index (χ1) is 15.5. The molecule has 178 valence electrons. The molecule has 4 fully saturated rings. The fourth-order valence-corrected chi connectivity index (χ4v) is 8.73. The summed E-state index contributed by atoms with van der Waals surface area (Å²) in [4.78, 5) is 44.3. The SMILES string of the molecule is C=CCN(C(=O)C1N(CCCO)C(=O)[C@@H]2[C@@H](C(=O)OCC)[C@H]3CCC12S3)C1CCCCC1. The second-order valence-corrected chi connectivity index (χ2v) is 11.1. The highest BCUT2D eigenvalue weighted by Crippen LogP contribution is 2.66. The molecule has 3 heterocycles. The molecule has 32 heavy (non-hydrogen) atoms. The van der Waals surface area contributed by atoms with Crippen LogP contribution in [0.2, 0.25) is 0 Å². The number of thioether (sulfide) groups is 1. The van der Waals surface area contributed by atoms with Crippen LogP contribution in [0.15, 0.2) is 12.7 Å². The Kier molecular flexibility index (Phi) is 7.20. The maximum absolute atomic E-state index is 14.2. The number of hydrogen-bond donors (Lipinski definition) is 1. The van der Waals surface area contributed by atoms with Crippen LogP contribution in [0.5, 0.6) is 0 Å². The number of nitrogens with zero attached hydrogens (tertiary/aromatic N) is 2. The highest BCUT2D eigenvalue weighted by atomic mass is 32.2. The highest BCUT2D eigenvalue weighted by Gasteiger charge is 2.74. The van der Waals surface area contributed by atoms with Gasteiger partial charge in [0.1, 0.15) is 6.04 Å². The summed E-state index contributed by atoms with van der Waals surface area (Å²) >= 11 is 1.67. The van der Waals surface area contributed by atoms with E-state index in [4.69, 9.17) is 4.74 Å². The summed E-state index contributed by atoms with van der Waals surface area (Å²) in [7, 11) is 0. The van der Waals surface area contributed by atoms with Crippen molar-refractivity contribution in [3.63, 3.8) is 0 Å². The Hall–Kier alpha value is -1.54. The number of hydrogen-bond acceptors (Lipinski definition) is 6. The normalized spacial score (nSPS) is 33.9. The van der Waals surface area contributed by atoms with E-state index in [9.17, 15) is 19.5 Å². The van der Waals surface area contributed by atoms with Crippen molar-refractivity contribution >= 4 is 29.5 Å². The minimum Gasteiger partial charge on any atom is -0.466 e. The van der Waals surface area contributed by atoms with Gasteiger partial charge in [0.25, 0.3) is 0 Å². The highest BCUT2D eigenvalue weighted by molar-refractivity contribution is 8.02. The molecule has 0 aromatic carbocycles. The molecule has 4 aliphatic rings. The van der Waals surface area contributed by atoms with Gasteiger partial charge in [0.15, 0.2) is 0 Å². The maximum atomic E-state index is 14.2. The second kappa shape index (κ2) is 9.75. The third-order valence-electron chi connectivity index (χ3n) is 7.77. The number of ether oxygens (including phenoxy) is 1. The van der Waals surface area contributed by atoms with Gasteiger partial charge in [-0.3, -0.25) is 14.4 Å². The Labute approximate surface area is 194 Å². The van der Waals surface area contributed by atoms with Crippen LogP contribution in [0, 0.1) is 11.8 Å². The van der Waals surface area contributed by atoms with E-state index in [-0.39, 0.29) is 42.3 Å². The molecule has 2 unspecified atom stereocenters. The fraction of sp³-hybridized carbons (Fsp3) is 0.792. The third kappa shape index (κ3) is 3.77. The smallest absolute Gasteiger partial charge is 0.310 e. The van der Waals surface area contributed by atoms with E-state index in [1.807, 2.05) is 4.90 Å². The van der Waals surface area contributed by atoms with Crippen LogP contribution in [0.1, 0.15) is 58.3 Å². The summed E-state index contributed by atoms with van der Waals surface area (Å²) in [6.45, 7) is 6.70. The first kappa shape index (κ1) is 23.6. The first-order valence-electron chi connectivity index (χ1n) is 12.2. The van der Waals surface area contributed by atoms with Crippen molar-refractivity contribution in [2.24, 2.45) is 11.8 Å². The number of aliphatic hydroxyl groups excluding tert-OH is 1. The van der Waals surface area contributed by atoms with Gasteiger partial charge in [0.2, 0.25) is 11.8 Å². The summed E-state index contributed by atoms with van der Waals surface area (Å²) in [5.41, 5.74) is 0. The van der Waals surface area contributed by atoms with E-state index in [1.165, 1.54) is 6.42 Å². The molecule has 0 radical (unpaired) electrons. The number of amides is 2. The van der Waals surface area contributed by atoms with E-state index in [2.05, 4.69) is 6.58 Å². The molecule has 7 nitrogen and oxygen atoms in total. The Morgan fingerprint density at radius 3 is 2.72 bits per heavy atom. The fourth-order valence-electron chi connectivity index (χ4n) is 6.53. The number of likely N-dealkylation sites (tertiary alicyclic amines) is 1. The van der Waals surface area contributed by atoms with Gasteiger partial charge >= 0.3 is 5.97 Å². The monoisotopic (exact) mass is 464 g/mol. The van der Waals surface area contributed by atoms with Gasteiger partial charge in [-0.05, 0) is 39.0 Å². The zero-order chi connectivity index (χ0) is 22.9. The van der Waals surface area contributed by atoms with Gasteiger partial charge < -0.3 is 19.6 Å². The minimum absolute atomic E-state index is 0.0109. The Morgan fingerprint density at radius 2 is 2.06 bits per heavy atom. The molecule has 4 rings (SSSR count). The van der Waals surface area contributed by atoms with Gasteiger partial charge in [-0.15, -0.1) is 18.3 Å². The lowest BCUT2D eigenvalue weighted by Crippen LogP contribution is -2.57. The van der Waals surface area contributed by atoms with Gasteiger partial charge in [-0.25, -0.2) is 0 Å². The quantitative estimate of drug-likeness (QED) is 0.416. The molecule has 3 aliphatic heterocycles. The molecule has 1 N–H and O–H groups in total. The molecular weight excluding hydrogens is 428 g/mol. The van der Waals surface area contributed by atoms with Crippen LogP contribution >= 0.6 is 11.8 Å². The lowest BCUT2D eigenvalue weighted by molar-refractivity contribution is -0.153. The maximum Gasteiger partial charge on any atom is 0.310 e. The molecule has 0 aromatic heterocycles. The summed E-state index contributed by atoms with van der Waals surface area (Å²) in [6, 6.07) is -0.424. The number of fused-ring (bicyclic) bond motifs is 1. The van der Waals surface area contributed by atoms with Crippen LogP contribution in [0.25, 0.3) is 0 Å². The standard InChI is InChI=1S/C24H36N2O5S/c1-3-13-25(16-9-6-5-7-10-16)22(29)20-24-12-11-17(32-24)18(23(30)31-4-2)19(24)21(28)26(20)14-8-15-27/h3,16-20,27H,1,4-15H2,2H3/t17-,18+,19+,20?,24?/m1/s1. The van der Waals surface area contributed by atoms with Gasteiger partial charge in [0, 0.05) is 31.0 Å². The Balaban J connectivity index is 1.69. The average molecular weight is 465 g/mol. The number of carbonyl (C=O) groups is 3. The zero-order valence-corrected chi connectivity index (χ0v) is 19.9. The molecule has 2 amide bonds. The number of carbonyl (C=O) groups excluding carboxylic acids is 3. The van der Waals surface area contributed by atoms with Crippen molar-refractivity contribution in [3.8, 4) is 0 Å². The third-order valence-corrected chi connectivity index (χ3v) is 9.73. The zero-order valence-electron chi connectivity index (χ0n) is 19.0. The van der Waals surface area contributed by atoms with E-state index in [0.717, 1.165) is 38.5 Å². The molecule has 0 aromatic rings. The summed E-state index contributed by atoms with van der Waals surface area (Å²) in [6.07, 6.45) is 9.15. The van der Waals surface area contributed by atoms with E-state index < -0.39 is 22.6 Å². The average Bonchev–Trinajstić information content (AvgIpc) is 3.44. The van der Waals surface area contributed by atoms with Gasteiger partial charge in [-0.2, -0.15) is 0 Å². The van der Waals surface area contributed by atoms with Crippen molar-refractivity contribution in [2.45, 2.75) is 80.4 Å². The summed E-state index contributed by atoms with van der Waals surface area (Å²) in [5, 5.41) is 9.48. The summed E-state index contributed by atoms with van der Waals surface area (Å²) < 4.78 is 4.77. The largest absolute Gasteiger partial charge is 0.466 e. The predicted molar refractivity (Wildman–Crippen MR) is 123 cm³/mol. The molecule has 5 atom stereocenters. The van der Waals surface area contributed by atoms with Crippen LogP contribution in [0.4, 0.5) is 0 Å². The Bertz CT molecular complexity index is 755. The minimum atomic E-state index is -0.595. The van der Waals surface area contributed by atoms with Crippen LogP contribution in [-0.4, -0.2) is 81.1 Å². The van der Waals surface area contributed by atoms with E-state index >= 15 is 0 Å². The van der Waals surface area contributed by atoms with Crippen molar-refractivity contribution < 1.29 is 24.2 Å². The number of rotatable bonds is 9. The number of aliphatic hydroxyl groups is 1. The van der Waals surface area contributed by atoms with Crippen molar-refractivity contribution in [1.82, 2.24) is 9.80 Å². The lowest BCUT2D eigenvalue weighted by atomic mass is 9.71. The molecule has 1 spiro atoms. The van der Waals surface area contributed by atoms with Crippen molar-refractivity contribution in [2.75, 3.05) is 26.3 Å². The lowest BCUT2D eigenvalue weighted by Gasteiger charge is -2.41. The van der Waals surface area contributed by atoms with E-state index in [1.54, 1.807) is 29.7 Å². The first-order valence-corrected chi connectivity index (χ1v) is 13.0. The second-order valence-electron chi connectivity index (χ2n) is 9.49. The number of esters is 1. The van der Waals surface area contributed by atoms with Crippen molar-refractivity contribution in [1.29, 1.82) is 0 Å². The Morgan fingerprint density at radius 1 is 1.31 bits per heavy atom. The molecule has 2 bridgehead atoms. The van der Waals surface area contributed by atoms with Gasteiger partial charge in [0.05, 0.1) is 23.2 Å². The topological polar surface area (TPSA) is 87.2 Å². The van der Waals surface area contributed by atoms with Crippen LogP contribution in [0.3, 0.4) is 0 Å².